The predicted molar refractivity (Wildman–Crippen MR) is 113 cm³/mol. The molecule has 1 N–H and O–H groups in total. The molecule has 0 amide bonds. The largest absolute Gasteiger partial charge is 0.419 e. The molecule has 0 aliphatic heterocycles. The van der Waals surface area contributed by atoms with Crippen LogP contribution in [0.15, 0.2) is 43.0 Å². The van der Waals surface area contributed by atoms with Crippen LogP contribution in [0.5, 0.6) is 0 Å². The molecule has 1 unspecified atom stereocenters. The predicted octanol–water partition coefficient (Wildman–Crippen LogP) is 7.00. The fourth-order valence-corrected chi connectivity index (χ4v) is 3.83. The van der Waals surface area contributed by atoms with Crippen LogP contribution in [0.3, 0.4) is 0 Å². The zero-order chi connectivity index (χ0) is 22.3. The highest BCUT2D eigenvalue weighted by Crippen LogP contribution is 2.47. The Bertz CT molecular complexity index is 891. The number of hydrogen-bond acceptors (Lipinski definition) is 2. The first-order valence-corrected chi connectivity index (χ1v) is 9.91. The van der Waals surface area contributed by atoms with Gasteiger partial charge in [-0.2, -0.15) is 13.2 Å². The molecule has 0 aliphatic carbocycles. The van der Waals surface area contributed by atoms with Gasteiger partial charge in [-0.3, -0.25) is 0 Å². The lowest BCUT2D eigenvalue weighted by molar-refractivity contribution is -0.331. The van der Waals surface area contributed by atoms with Crippen LogP contribution in [0.1, 0.15) is 65.5 Å². The SMILES string of the molecule is C=C(C)c1ccc(C(CC)(CC)OC(C)(C)C(C)(O)C(F)(F)F)c2ccccc12. The van der Waals surface area contributed by atoms with Gasteiger partial charge in [0.1, 0.15) is 5.60 Å². The highest BCUT2D eigenvalue weighted by molar-refractivity contribution is 5.95. The molecule has 0 heterocycles. The molecule has 1 atom stereocenters. The minimum absolute atomic E-state index is 0.456. The van der Waals surface area contributed by atoms with Gasteiger partial charge in [-0.15, -0.1) is 0 Å². The Labute approximate surface area is 171 Å². The van der Waals surface area contributed by atoms with E-state index in [9.17, 15) is 18.3 Å². The Morgan fingerprint density at radius 3 is 1.93 bits per heavy atom. The van der Waals surface area contributed by atoms with E-state index < -0.39 is 23.0 Å². The first-order chi connectivity index (χ1) is 13.2. The molecule has 0 fully saturated rings. The summed E-state index contributed by atoms with van der Waals surface area (Å²) in [5, 5.41) is 12.2. The minimum atomic E-state index is -4.82. The molecule has 29 heavy (non-hydrogen) atoms. The van der Waals surface area contributed by atoms with E-state index >= 15 is 0 Å². The molecule has 2 nitrogen and oxygen atoms in total. The molecule has 0 bridgehead atoms. The van der Waals surface area contributed by atoms with Gasteiger partial charge in [0.05, 0.1) is 5.60 Å². The van der Waals surface area contributed by atoms with Crippen LogP contribution in [0, 0.1) is 0 Å². The van der Waals surface area contributed by atoms with E-state index in [4.69, 9.17) is 4.74 Å². The van der Waals surface area contributed by atoms with Crippen molar-refractivity contribution in [3.05, 3.63) is 54.1 Å². The second-order valence-corrected chi connectivity index (χ2v) is 8.37. The van der Waals surface area contributed by atoms with E-state index in [0.29, 0.717) is 12.8 Å². The topological polar surface area (TPSA) is 29.5 Å². The normalized spacial score (nSPS) is 15.4. The van der Waals surface area contributed by atoms with Crippen LogP contribution < -0.4 is 0 Å². The smallest absolute Gasteiger partial charge is 0.378 e. The lowest BCUT2D eigenvalue weighted by atomic mass is 9.80. The third-order valence-corrected chi connectivity index (χ3v) is 6.19. The van der Waals surface area contributed by atoms with Gasteiger partial charge < -0.3 is 9.84 Å². The van der Waals surface area contributed by atoms with Crippen LogP contribution in [0.2, 0.25) is 0 Å². The third-order valence-electron chi connectivity index (χ3n) is 6.19. The van der Waals surface area contributed by atoms with Crippen molar-refractivity contribution in [2.75, 3.05) is 0 Å². The fourth-order valence-electron chi connectivity index (χ4n) is 3.83. The molecule has 0 radical (unpaired) electrons. The summed E-state index contributed by atoms with van der Waals surface area (Å²) in [6, 6.07) is 11.6. The van der Waals surface area contributed by atoms with Crippen molar-refractivity contribution in [2.24, 2.45) is 0 Å². The highest BCUT2D eigenvalue weighted by Gasteiger charge is 2.61. The average molecular weight is 409 g/mol. The quantitative estimate of drug-likeness (QED) is 0.535. The fraction of sp³-hybridized carbons (Fsp3) is 0.500. The van der Waals surface area contributed by atoms with Crippen molar-refractivity contribution in [1.29, 1.82) is 0 Å². The molecule has 0 aromatic heterocycles. The molecular formula is C24H31F3O2. The van der Waals surface area contributed by atoms with Gasteiger partial charge in [0.15, 0.2) is 5.60 Å². The van der Waals surface area contributed by atoms with Crippen molar-refractivity contribution in [3.63, 3.8) is 0 Å². The highest BCUT2D eigenvalue weighted by atomic mass is 19.4. The summed E-state index contributed by atoms with van der Waals surface area (Å²) >= 11 is 0. The molecule has 0 saturated heterocycles. The lowest BCUT2D eigenvalue weighted by Gasteiger charge is -2.47. The second kappa shape index (κ2) is 7.77. The van der Waals surface area contributed by atoms with Crippen LogP contribution >= 0.6 is 0 Å². The number of hydrogen-bond donors (Lipinski definition) is 1. The maximum Gasteiger partial charge on any atom is 0.419 e. The first-order valence-electron chi connectivity index (χ1n) is 9.91. The van der Waals surface area contributed by atoms with E-state index in [1.807, 2.05) is 57.2 Å². The maximum absolute atomic E-state index is 13.6. The van der Waals surface area contributed by atoms with Crippen molar-refractivity contribution >= 4 is 16.3 Å². The van der Waals surface area contributed by atoms with Gasteiger partial charge in [0.25, 0.3) is 0 Å². The van der Waals surface area contributed by atoms with E-state index in [1.54, 1.807) is 0 Å². The van der Waals surface area contributed by atoms with Crippen LogP contribution in [-0.4, -0.2) is 22.5 Å². The van der Waals surface area contributed by atoms with E-state index in [1.165, 1.54) is 13.8 Å². The zero-order valence-corrected chi connectivity index (χ0v) is 18.1. The molecule has 0 aliphatic rings. The summed E-state index contributed by atoms with van der Waals surface area (Å²) in [6.45, 7) is 13.1. The number of allylic oxidation sites excluding steroid dienone is 1. The Hall–Kier alpha value is -1.85. The van der Waals surface area contributed by atoms with Gasteiger partial charge in [-0.25, -0.2) is 0 Å². The first kappa shape index (κ1) is 23.4. The van der Waals surface area contributed by atoms with Gasteiger partial charge in [-0.1, -0.05) is 62.4 Å². The maximum atomic E-state index is 13.6. The van der Waals surface area contributed by atoms with Gasteiger partial charge in [0, 0.05) is 0 Å². The van der Waals surface area contributed by atoms with Crippen molar-refractivity contribution < 1.29 is 23.0 Å². The average Bonchev–Trinajstić information content (AvgIpc) is 2.64. The van der Waals surface area contributed by atoms with Gasteiger partial charge in [-0.05, 0) is 62.4 Å². The zero-order valence-electron chi connectivity index (χ0n) is 18.1. The Balaban J connectivity index is 2.71. The molecular weight excluding hydrogens is 377 g/mol. The lowest BCUT2D eigenvalue weighted by Crippen LogP contribution is -2.61. The number of alkyl halides is 3. The van der Waals surface area contributed by atoms with Crippen molar-refractivity contribution in [3.8, 4) is 0 Å². The van der Waals surface area contributed by atoms with E-state index in [0.717, 1.165) is 34.4 Å². The molecule has 160 valence electrons. The number of rotatable bonds is 7. The molecule has 5 heteroatoms. The molecule has 0 spiro atoms. The molecule has 0 saturated carbocycles. The minimum Gasteiger partial charge on any atom is -0.378 e. The van der Waals surface area contributed by atoms with Crippen LogP contribution in [-0.2, 0) is 10.3 Å². The summed E-state index contributed by atoms with van der Waals surface area (Å²) in [5.41, 5.74) is -3.16. The standard InChI is InChI=1S/C24H31F3O2/c1-8-23(9-2,29-21(5,6)22(7,28)24(25,26)27)20-15-14-17(16(3)4)18-12-10-11-13-19(18)20/h10-15,28H,3,8-9H2,1-2,4-7H3. The van der Waals surface area contributed by atoms with Crippen LogP contribution in [0.4, 0.5) is 13.2 Å². The van der Waals surface area contributed by atoms with E-state index in [-0.39, 0.29) is 0 Å². The molecule has 2 aromatic carbocycles. The number of fused-ring (bicyclic) bond motifs is 1. The number of benzene rings is 2. The van der Waals surface area contributed by atoms with E-state index in [2.05, 4.69) is 6.58 Å². The van der Waals surface area contributed by atoms with Gasteiger partial charge in [0.2, 0.25) is 0 Å². The Morgan fingerprint density at radius 2 is 1.48 bits per heavy atom. The summed E-state index contributed by atoms with van der Waals surface area (Å²) in [4.78, 5) is 0. The summed E-state index contributed by atoms with van der Waals surface area (Å²) in [7, 11) is 0. The van der Waals surface area contributed by atoms with Crippen molar-refractivity contribution in [1.82, 2.24) is 0 Å². The Morgan fingerprint density at radius 1 is 0.966 bits per heavy atom. The second-order valence-electron chi connectivity index (χ2n) is 8.37. The van der Waals surface area contributed by atoms with Crippen LogP contribution in [0.25, 0.3) is 16.3 Å². The third kappa shape index (κ3) is 3.95. The monoisotopic (exact) mass is 408 g/mol. The number of ether oxygens (including phenoxy) is 1. The van der Waals surface area contributed by atoms with Gasteiger partial charge >= 0.3 is 6.18 Å². The summed E-state index contributed by atoms with van der Waals surface area (Å²) in [6.07, 6.45) is -3.91. The molecule has 2 rings (SSSR count). The summed E-state index contributed by atoms with van der Waals surface area (Å²) < 4.78 is 46.9. The van der Waals surface area contributed by atoms with Crippen molar-refractivity contribution in [2.45, 2.75) is 77.4 Å². The molecule has 2 aromatic rings. The number of halogens is 3. The summed E-state index contributed by atoms with van der Waals surface area (Å²) in [5.74, 6) is 0. The Kier molecular flexibility index (Phi) is 6.27. The number of aliphatic hydroxyl groups is 1.